The van der Waals surface area contributed by atoms with Gasteiger partial charge in [0.05, 0.1) is 11.6 Å². The summed E-state index contributed by atoms with van der Waals surface area (Å²) < 4.78 is 0. The molecule has 1 heterocycles. The number of benzene rings is 2. The molecule has 120 valence electrons. The third-order valence-corrected chi connectivity index (χ3v) is 4.37. The Hall–Kier alpha value is -2.79. The first-order chi connectivity index (χ1) is 11.9. The summed E-state index contributed by atoms with van der Waals surface area (Å²) in [7, 11) is 0. The highest BCUT2D eigenvalue weighted by Gasteiger charge is 2.16. The summed E-state index contributed by atoms with van der Waals surface area (Å²) in [5.41, 5.74) is 3.10. The molecule has 1 unspecified atom stereocenters. The standard InChI is InChI=1S/C22H22N2/c23-17-21(18-24-15-7-8-16-24)22(20-11-5-2-6-12-20)14-13-19-9-3-1-4-10-19/h1-6,9-14,18,22H,7-8,15-16H2/b14-13+,21-18-. The molecule has 0 aliphatic carbocycles. The molecule has 0 aromatic heterocycles. The molecule has 1 atom stereocenters. The molecule has 2 nitrogen and oxygen atoms in total. The van der Waals surface area contributed by atoms with E-state index < -0.39 is 0 Å². The predicted octanol–water partition coefficient (Wildman–Crippen LogP) is 4.99. The van der Waals surface area contributed by atoms with Crippen LogP contribution in [0.25, 0.3) is 6.08 Å². The van der Waals surface area contributed by atoms with Crippen LogP contribution in [-0.4, -0.2) is 18.0 Å². The van der Waals surface area contributed by atoms with Crippen LogP contribution in [0.5, 0.6) is 0 Å². The Balaban J connectivity index is 1.92. The highest BCUT2D eigenvalue weighted by molar-refractivity contribution is 5.53. The summed E-state index contributed by atoms with van der Waals surface area (Å²) >= 11 is 0. The number of nitriles is 1. The maximum absolute atomic E-state index is 9.74. The first kappa shape index (κ1) is 16.1. The number of hydrogen-bond donors (Lipinski definition) is 0. The molecular weight excluding hydrogens is 292 g/mol. The molecule has 1 aliphatic heterocycles. The van der Waals surface area contributed by atoms with Gasteiger partial charge in [-0.3, -0.25) is 0 Å². The Labute approximate surface area is 144 Å². The van der Waals surface area contributed by atoms with Crippen molar-refractivity contribution in [2.75, 3.05) is 13.1 Å². The lowest BCUT2D eigenvalue weighted by molar-refractivity contribution is 0.463. The molecule has 2 aromatic carbocycles. The zero-order chi connectivity index (χ0) is 16.6. The van der Waals surface area contributed by atoms with E-state index in [0.29, 0.717) is 0 Å². The summed E-state index contributed by atoms with van der Waals surface area (Å²) in [6.45, 7) is 2.10. The smallest absolute Gasteiger partial charge is 0.0972 e. The van der Waals surface area contributed by atoms with Gasteiger partial charge in [-0.15, -0.1) is 0 Å². The fourth-order valence-electron chi connectivity index (χ4n) is 3.07. The zero-order valence-electron chi connectivity index (χ0n) is 13.8. The largest absolute Gasteiger partial charge is 0.377 e. The van der Waals surface area contributed by atoms with E-state index in [-0.39, 0.29) is 5.92 Å². The van der Waals surface area contributed by atoms with E-state index in [9.17, 15) is 5.26 Å². The Kier molecular flexibility index (Phi) is 5.48. The fourth-order valence-corrected chi connectivity index (χ4v) is 3.07. The molecule has 1 fully saturated rings. The molecule has 1 aliphatic rings. The molecule has 0 spiro atoms. The van der Waals surface area contributed by atoms with Crippen molar-refractivity contribution in [1.29, 1.82) is 5.26 Å². The number of allylic oxidation sites excluding steroid dienone is 2. The molecule has 0 amide bonds. The second-order valence-electron chi connectivity index (χ2n) is 6.10. The minimum Gasteiger partial charge on any atom is -0.377 e. The van der Waals surface area contributed by atoms with Crippen molar-refractivity contribution in [3.05, 3.63) is 89.6 Å². The number of nitrogens with zero attached hydrogens (tertiary/aromatic N) is 2. The van der Waals surface area contributed by atoms with Crippen LogP contribution >= 0.6 is 0 Å². The van der Waals surface area contributed by atoms with E-state index >= 15 is 0 Å². The normalized spacial score (nSPS) is 16.3. The maximum Gasteiger partial charge on any atom is 0.0972 e. The van der Waals surface area contributed by atoms with E-state index in [1.807, 2.05) is 36.4 Å². The van der Waals surface area contributed by atoms with Crippen molar-refractivity contribution >= 4 is 6.08 Å². The maximum atomic E-state index is 9.74. The van der Waals surface area contributed by atoms with Gasteiger partial charge in [0.1, 0.15) is 0 Å². The van der Waals surface area contributed by atoms with Crippen molar-refractivity contribution in [2.45, 2.75) is 18.8 Å². The van der Waals surface area contributed by atoms with Gasteiger partial charge in [-0.25, -0.2) is 0 Å². The summed E-state index contributed by atoms with van der Waals surface area (Å²) in [4.78, 5) is 2.27. The van der Waals surface area contributed by atoms with Crippen molar-refractivity contribution < 1.29 is 0 Å². The van der Waals surface area contributed by atoms with Gasteiger partial charge in [-0.2, -0.15) is 5.26 Å². The lowest BCUT2D eigenvalue weighted by Crippen LogP contribution is -2.13. The molecule has 0 radical (unpaired) electrons. The van der Waals surface area contributed by atoms with Crippen LogP contribution in [0, 0.1) is 11.3 Å². The molecule has 2 aromatic rings. The lowest BCUT2D eigenvalue weighted by Gasteiger charge is -2.17. The molecule has 3 rings (SSSR count). The lowest BCUT2D eigenvalue weighted by atomic mass is 9.91. The minimum atomic E-state index is -0.0167. The van der Waals surface area contributed by atoms with Gasteiger partial charge in [-0.05, 0) is 24.0 Å². The van der Waals surface area contributed by atoms with Crippen LogP contribution in [0.4, 0.5) is 0 Å². The van der Waals surface area contributed by atoms with Crippen LogP contribution in [-0.2, 0) is 0 Å². The van der Waals surface area contributed by atoms with Crippen LogP contribution < -0.4 is 0 Å². The quantitative estimate of drug-likeness (QED) is 0.727. The first-order valence-corrected chi connectivity index (χ1v) is 8.51. The van der Waals surface area contributed by atoms with Gasteiger partial charge in [0.15, 0.2) is 0 Å². The van der Waals surface area contributed by atoms with Crippen LogP contribution in [0.3, 0.4) is 0 Å². The Morgan fingerprint density at radius 2 is 1.58 bits per heavy atom. The summed E-state index contributed by atoms with van der Waals surface area (Å²) in [6, 6.07) is 22.9. The minimum absolute atomic E-state index is 0.0167. The van der Waals surface area contributed by atoms with Gasteiger partial charge in [0, 0.05) is 25.2 Å². The Morgan fingerprint density at radius 1 is 0.958 bits per heavy atom. The van der Waals surface area contributed by atoms with Crippen molar-refractivity contribution in [1.82, 2.24) is 4.90 Å². The van der Waals surface area contributed by atoms with Crippen molar-refractivity contribution in [2.24, 2.45) is 0 Å². The van der Waals surface area contributed by atoms with Crippen LogP contribution in [0.1, 0.15) is 29.9 Å². The summed E-state index contributed by atoms with van der Waals surface area (Å²) in [5.74, 6) is -0.0167. The number of rotatable bonds is 5. The monoisotopic (exact) mass is 314 g/mol. The number of likely N-dealkylation sites (tertiary alicyclic amines) is 1. The first-order valence-electron chi connectivity index (χ1n) is 8.51. The van der Waals surface area contributed by atoms with E-state index in [1.54, 1.807) is 0 Å². The average Bonchev–Trinajstić information content (AvgIpc) is 3.16. The summed E-state index contributed by atoms with van der Waals surface area (Å²) in [5, 5.41) is 9.74. The molecule has 0 N–H and O–H groups in total. The SMILES string of the molecule is N#C/C(=C/N1CCCC1)C(/C=C/c1ccccc1)c1ccccc1. The molecule has 24 heavy (non-hydrogen) atoms. The average molecular weight is 314 g/mol. The fraction of sp³-hybridized carbons (Fsp3) is 0.227. The zero-order valence-corrected chi connectivity index (χ0v) is 13.8. The van der Waals surface area contributed by atoms with Gasteiger partial charge in [-0.1, -0.05) is 72.8 Å². The van der Waals surface area contributed by atoms with Gasteiger partial charge < -0.3 is 4.90 Å². The molecule has 2 heteroatoms. The third-order valence-electron chi connectivity index (χ3n) is 4.37. The second kappa shape index (κ2) is 8.17. The second-order valence-corrected chi connectivity index (χ2v) is 6.10. The van der Waals surface area contributed by atoms with Gasteiger partial charge in [0.25, 0.3) is 0 Å². The predicted molar refractivity (Wildman–Crippen MR) is 99.2 cm³/mol. The van der Waals surface area contributed by atoms with Crippen molar-refractivity contribution in [3.63, 3.8) is 0 Å². The number of hydrogen-bond acceptors (Lipinski definition) is 2. The van der Waals surface area contributed by atoms with E-state index in [4.69, 9.17) is 0 Å². The molecule has 1 saturated heterocycles. The Morgan fingerprint density at radius 3 is 2.21 bits per heavy atom. The molecule has 0 saturated carbocycles. The topological polar surface area (TPSA) is 27.0 Å². The Bertz CT molecular complexity index is 733. The van der Waals surface area contributed by atoms with Gasteiger partial charge >= 0.3 is 0 Å². The molecule has 0 bridgehead atoms. The molecular formula is C22H22N2. The van der Waals surface area contributed by atoms with Crippen molar-refractivity contribution in [3.8, 4) is 6.07 Å². The highest BCUT2D eigenvalue weighted by Crippen LogP contribution is 2.27. The van der Waals surface area contributed by atoms with E-state index in [2.05, 4.69) is 53.6 Å². The van der Waals surface area contributed by atoms with E-state index in [1.165, 1.54) is 12.8 Å². The highest BCUT2D eigenvalue weighted by atomic mass is 15.1. The van der Waals surface area contributed by atoms with Crippen LogP contribution in [0.2, 0.25) is 0 Å². The van der Waals surface area contributed by atoms with Crippen LogP contribution in [0.15, 0.2) is 78.5 Å². The van der Waals surface area contributed by atoms with E-state index in [0.717, 1.165) is 29.8 Å². The summed E-state index contributed by atoms with van der Waals surface area (Å²) in [6.07, 6.45) is 8.72. The third kappa shape index (κ3) is 4.14. The van der Waals surface area contributed by atoms with Gasteiger partial charge in [0.2, 0.25) is 0 Å².